The molecule has 0 aromatic heterocycles. The summed E-state index contributed by atoms with van der Waals surface area (Å²) in [6.45, 7) is 2.20. The number of rotatable bonds is 6. The summed E-state index contributed by atoms with van der Waals surface area (Å²) in [5, 5.41) is 0. The highest BCUT2D eigenvalue weighted by molar-refractivity contribution is 5.83. The van der Waals surface area contributed by atoms with Crippen LogP contribution in [0.25, 0.3) is 0 Å². The van der Waals surface area contributed by atoms with E-state index in [2.05, 4.69) is 10.9 Å². The molecule has 0 aliphatic heterocycles. The van der Waals surface area contributed by atoms with Crippen LogP contribution in [0.3, 0.4) is 0 Å². The number of carbonyl (C=O) groups is 2. The fraction of sp³-hybridized carbons (Fsp3) is 0.222. The largest absolute Gasteiger partial charge is 0.493 e. The summed E-state index contributed by atoms with van der Waals surface area (Å²) < 4.78 is 5.54. The van der Waals surface area contributed by atoms with Crippen LogP contribution in [0.1, 0.15) is 17.5 Å². The molecule has 0 radical (unpaired) electrons. The van der Waals surface area contributed by atoms with Crippen molar-refractivity contribution in [3.05, 3.63) is 65.7 Å². The molecule has 5 heteroatoms. The number of amides is 2. The number of hydrogen-bond donors (Lipinski definition) is 2. The molecule has 2 aromatic rings. The summed E-state index contributed by atoms with van der Waals surface area (Å²) in [6.07, 6.45) is 0.390. The van der Waals surface area contributed by atoms with Gasteiger partial charge in [-0.15, -0.1) is 0 Å². The third-order valence-electron chi connectivity index (χ3n) is 3.23. The zero-order valence-corrected chi connectivity index (χ0v) is 13.0. The van der Waals surface area contributed by atoms with Crippen molar-refractivity contribution in [1.29, 1.82) is 0 Å². The van der Waals surface area contributed by atoms with Crippen LogP contribution >= 0.6 is 0 Å². The van der Waals surface area contributed by atoms with Gasteiger partial charge in [0.05, 0.1) is 19.4 Å². The first-order chi connectivity index (χ1) is 11.1. The van der Waals surface area contributed by atoms with Gasteiger partial charge in [0.2, 0.25) is 11.8 Å². The molecule has 0 spiro atoms. The van der Waals surface area contributed by atoms with Crippen LogP contribution in [0.4, 0.5) is 0 Å². The minimum Gasteiger partial charge on any atom is -0.493 e. The maximum Gasteiger partial charge on any atom is 0.242 e. The van der Waals surface area contributed by atoms with Gasteiger partial charge in [-0.05, 0) is 24.1 Å². The smallest absolute Gasteiger partial charge is 0.242 e. The van der Waals surface area contributed by atoms with E-state index in [1.54, 1.807) is 0 Å². The van der Waals surface area contributed by atoms with E-state index in [1.807, 2.05) is 61.5 Å². The molecule has 0 fully saturated rings. The molecule has 2 N–H and O–H groups in total. The molecule has 0 bridgehead atoms. The predicted molar refractivity (Wildman–Crippen MR) is 87.7 cm³/mol. The Hall–Kier alpha value is -2.82. The van der Waals surface area contributed by atoms with E-state index in [9.17, 15) is 9.59 Å². The first-order valence-electron chi connectivity index (χ1n) is 7.45. The zero-order valence-electron chi connectivity index (χ0n) is 13.0. The number of benzene rings is 2. The molecular formula is C18H20N2O3. The van der Waals surface area contributed by atoms with Crippen molar-refractivity contribution in [2.45, 2.75) is 19.8 Å². The Balaban J connectivity index is 1.65. The van der Waals surface area contributed by atoms with Gasteiger partial charge in [-0.3, -0.25) is 20.4 Å². The van der Waals surface area contributed by atoms with Crippen molar-refractivity contribution in [3.63, 3.8) is 0 Å². The van der Waals surface area contributed by atoms with Gasteiger partial charge < -0.3 is 4.74 Å². The lowest BCUT2D eigenvalue weighted by atomic mass is 10.1. The molecule has 2 aromatic carbocycles. The van der Waals surface area contributed by atoms with Crippen molar-refractivity contribution < 1.29 is 14.3 Å². The second-order valence-corrected chi connectivity index (χ2v) is 5.12. The summed E-state index contributed by atoms with van der Waals surface area (Å²) in [4.78, 5) is 23.4. The molecule has 120 valence electrons. The number of para-hydroxylation sites is 1. The highest BCUT2D eigenvalue weighted by Crippen LogP contribution is 2.15. The van der Waals surface area contributed by atoms with Crippen molar-refractivity contribution in [2.24, 2.45) is 0 Å². The van der Waals surface area contributed by atoms with E-state index in [1.165, 1.54) is 0 Å². The minimum atomic E-state index is -0.292. The van der Waals surface area contributed by atoms with Gasteiger partial charge >= 0.3 is 0 Å². The number of hydrazine groups is 1. The van der Waals surface area contributed by atoms with Crippen LogP contribution in [0.5, 0.6) is 5.75 Å². The van der Waals surface area contributed by atoms with Gasteiger partial charge in [-0.1, -0.05) is 48.5 Å². The van der Waals surface area contributed by atoms with E-state index in [-0.39, 0.29) is 31.3 Å². The third-order valence-corrected chi connectivity index (χ3v) is 3.23. The number of aryl methyl sites for hydroxylation is 1. The molecule has 2 amide bonds. The second-order valence-electron chi connectivity index (χ2n) is 5.12. The van der Waals surface area contributed by atoms with Crippen LogP contribution in [-0.4, -0.2) is 18.4 Å². The summed E-state index contributed by atoms with van der Waals surface area (Å²) in [6, 6.07) is 16.9. The quantitative estimate of drug-likeness (QED) is 0.803. The zero-order chi connectivity index (χ0) is 16.5. The fourth-order valence-electron chi connectivity index (χ4n) is 2.00. The van der Waals surface area contributed by atoms with Gasteiger partial charge in [0.25, 0.3) is 0 Å². The summed E-state index contributed by atoms with van der Waals surface area (Å²) >= 11 is 0. The van der Waals surface area contributed by atoms with Crippen molar-refractivity contribution in [2.75, 3.05) is 6.61 Å². The first kappa shape index (κ1) is 16.5. The number of carbonyl (C=O) groups excluding carboxylic acids is 2. The Kier molecular flexibility index (Phi) is 6.17. The number of ether oxygens (including phenoxy) is 1. The van der Waals surface area contributed by atoms with Crippen molar-refractivity contribution >= 4 is 11.8 Å². The normalized spacial score (nSPS) is 9.96. The first-order valence-corrected chi connectivity index (χ1v) is 7.45. The van der Waals surface area contributed by atoms with E-state index >= 15 is 0 Å². The molecule has 0 aliphatic rings. The average molecular weight is 312 g/mol. The molecule has 0 aliphatic carbocycles. The van der Waals surface area contributed by atoms with Gasteiger partial charge in [0, 0.05) is 0 Å². The molecule has 2 rings (SSSR count). The van der Waals surface area contributed by atoms with Crippen LogP contribution in [0.2, 0.25) is 0 Å². The molecule has 5 nitrogen and oxygen atoms in total. The van der Waals surface area contributed by atoms with Gasteiger partial charge in [-0.2, -0.15) is 0 Å². The van der Waals surface area contributed by atoms with Gasteiger partial charge in [0.15, 0.2) is 0 Å². The monoisotopic (exact) mass is 312 g/mol. The van der Waals surface area contributed by atoms with Crippen LogP contribution in [0.15, 0.2) is 54.6 Å². The second kappa shape index (κ2) is 8.58. The Morgan fingerprint density at radius 2 is 1.57 bits per heavy atom. The van der Waals surface area contributed by atoms with E-state index in [0.29, 0.717) is 0 Å². The predicted octanol–water partition coefficient (Wildman–Crippen LogP) is 2.15. The third kappa shape index (κ3) is 5.82. The molecular weight excluding hydrogens is 292 g/mol. The Labute approximate surface area is 135 Å². The number of hydrogen-bond acceptors (Lipinski definition) is 3. The molecule has 23 heavy (non-hydrogen) atoms. The van der Waals surface area contributed by atoms with Gasteiger partial charge in [-0.25, -0.2) is 0 Å². The molecule has 0 saturated carbocycles. The topological polar surface area (TPSA) is 67.4 Å². The van der Waals surface area contributed by atoms with Gasteiger partial charge in [0.1, 0.15) is 5.75 Å². The Morgan fingerprint density at radius 3 is 2.30 bits per heavy atom. The highest BCUT2D eigenvalue weighted by Gasteiger charge is 2.06. The molecule has 0 atom stereocenters. The minimum absolute atomic E-state index is 0.167. The lowest BCUT2D eigenvalue weighted by Gasteiger charge is -2.10. The van der Waals surface area contributed by atoms with Crippen molar-refractivity contribution in [3.8, 4) is 5.75 Å². The molecule has 0 heterocycles. The maximum atomic E-state index is 11.7. The summed E-state index contributed by atoms with van der Waals surface area (Å²) in [5.74, 6) is 0.206. The lowest BCUT2D eigenvalue weighted by Crippen LogP contribution is -2.42. The van der Waals surface area contributed by atoms with E-state index in [4.69, 9.17) is 4.74 Å². The van der Waals surface area contributed by atoms with Crippen LogP contribution in [-0.2, 0) is 16.0 Å². The highest BCUT2D eigenvalue weighted by atomic mass is 16.5. The number of nitrogens with one attached hydrogen (secondary N) is 2. The van der Waals surface area contributed by atoms with E-state index < -0.39 is 0 Å². The van der Waals surface area contributed by atoms with E-state index in [0.717, 1.165) is 16.9 Å². The lowest BCUT2D eigenvalue weighted by molar-refractivity contribution is -0.128. The summed E-state index contributed by atoms with van der Waals surface area (Å²) in [5.41, 5.74) is 6.69. The maximum absolute atomic E-state index is 11.7. The Bertz CT molecular complexity index is 656. The fourth-order valence-corrected chi connectivity index (χ4v) is 2.00. The van der Waals surface area contributed by atoms with Crippen LogP contribution in [0, 0.1) is 6.92 Å². The molecule has 0 unspecified atom stereocenters. The Morgan fingerprint density at radius 1 is 0.913 bits per heavy atom. The summed E-state index contributed by atoms with van der Waals surface area (Å²) in [7, 11) is 0. The SMILES string of the molecule is Cc1ccccc1OCCC(=O)NNC(=O)Cc1ccccc1. The average Bonchev–Trinajstić information content (AvgIpc) is 2.56. The standard InChI is InChI=1S/C18H20N2O3/c1-14-7-5-6-10-16(14)23-12-11-17(21)19-20-18(22)13-15-8-3-2-4-9-15/h2-10H,11-13H2,1H3,(H,19,21)(H,20,22). The van der Waals surface area contributed by atoms with Crippen molar-refractivity contribution in [1.82, 2.24) is 10.9 Å². The van der Waals surface area contributed by atoms with Crippen LogP contribution < -0.4 is 15.6 Å². The molecule has 0 saturated heterocycles.